The highest BCUT2D eigenvalue weighted by Crippen LogP contribution is 2.30. The maximum absolute atomic E-state index is 10.8. The maximum Gasteiger partial charge on any atom is 0.123 e. The zero-order valence-electron chi connectivity index (χ0n) is 18.8. The van der Waals surface area contributed by atoms with E-state index in [2.05, 4.69) is 23.1 Å². The van der Waals surface area contributed by atoms with E-state index >= 15 is 0 Å². The zero-order valence-corrected chi connectivity index (χ0v) is 18.8. The Balaban J connectivity index is 1.46. The number of benzene rings is 3. The molecule has 32 heavy (non-hydrogen) atoms. The highest BCUT2D eigenvalue weighted by atomic mass is 16.5. The van der Waals surface area contributed by atoms with Gasteiger partial charge in [0, 0.05) is 31.3 Å². The summed E-state index contributed by atoms with van der Waals surface area (Å²) in [6.45, 7) is 2.97. The minimum absolute atomic E-state index is 0.500. The van der Waals surface area contributed by atoms with E-state index in [1.165, 1.54) is 5.56 Å². The number of aryl methyl sites for hydroxylation is 1. The fourth-order valence-electron chi connectivity index (χ4n) is 4.14. The summed E-state index contributed by atoms with van der Waals surface area (Å²) in [7, 11) is 3.33. The topological polar surface area (TPSA) is 51.2 Å². The van der Waals surface area contributed by atoms with Crippen LogP contribution in [0.2, 0.25) is 0 Å². The number of fused-ring (bicyclic) bond motifs is 1. The van der Waals surface area contributed by atoms with Crippen LogP contribution in [0.15, 0.2) is 66.7 Å². The van der Waals surface area contributed by atoms with Crippen molar-refractivity contribution in [3.05, 3.63) is 89.0 Å². The summed E-state index contributed by atoms with van der Waals surface area (Å²) < 4.78 is 16.8. The lowest BCUT2D eigenvalue weighted by Gasteiger charge is -2.21. The van der Waals surface area contributed by atoms with Crippen molar-refractivity contribution in [1.29, 1.82) is 0 Å². The summed E-state index contributed by atoms with van der Waals surface area (Å²) in [5.74, 6) is 2.47. The van der Waals surface area contributed by atoms with Gasteiger partial charge in [-0.3, -0.25) is 4.90 Å². The van der Waals surface area contributed by atoms with Crippen molar-refractivity contribution in [3.8, 4) is 17.2 Å². The van der Waals surface area contributed by atoms with Gasteiger partial charge in [-0.05, 0) is 53.8 Å². The Morgan fingerprint density at radius 2 is 1.69 bits per heavy atom. The monoisotopic (exact) mass is 433 g/mol. The molecule has 4 rings (SSSR count). The van der Waals surface area contributed by atoms with Gasteiger partial charge in [-0.25, -0.2) is 0 Å². The number of nitrogens with zero attached hydrogens (tertiary/aromatic N) is 1. The molecule has 0 saturated carbocycles. The lowest BCUT2D eigenvalue weighted by molar-refractivity contribution is 0.167. The molecule has 0 amide bonds. The van der Waals surface area contributed by atoms with E-state index in [0.717, 1.165) is 60.0 Å². The third-order valence-electron chi connectivity index (χ3n) is 5.90. The Hall–Kier alpha value is -3.02. The van der Waals surface area contributed by atoms with Crippen molar-refractivity contribution in [1.82, 2.24) is 4.90 Å². The second kappa shape index (κ2) is 10.5. The van der Waals surface area contributed by atoms with Crippen molar-refractivity contribution in [3.63, 3.8) is 0 Å². The molecule has 3 aromatic rings. The van der Waals surface area contributed by atoms with Gasteiger partial charge < -0.3 is 19.3 Å². The van der Waals surface area contributed by atoms with Gasteiger partial charge in [0.15, 0.2) is 0 Å². The van der Waals surface area contributed by atoms with Gasteiger partial charge in [0.25, 0.3) is 0 Å². The number of ether oxygens (including phenoxy) is 3. The molecule has 5 heteroatoms. The largest absolute Gasteiger partial charge is 0.497 e. The average Bonchev–Trinajstić information content (AvgIpc) is 3.03. The predicted molar refractivity (Wildman–Crippen MR) is 125 cm³/mol. The highest BCUT2D eigenvalue weighted by molar-refractivity contribution is 5.40. The molecule has 3 aromatic carbocycles. The van der Waals surface area contributed by atoms with E-state index in [-0.39, 0.29) is 0 Å². The molecule has 1 aliphatic heterocycles. The fraction of sp³-hybridized carbons (Fsp3) is 0.333. The van der Waals surface area contributed by atoms with E-state index in [1.807, 2.05) is 48.5 Å². The lowest BCUT2D eigenvalue weighted by Crippen LogP contribution is -2.25. The van der Waals surface area contributed by atoms with Gasteiger partial charge >= 0.3 is 0 Å². The van der Waals surface area contributed by atoms with Gasteiger partial charge in [0.05, 0.1) is 20.3 Å². The Morgan fingerprint density at radius 3 is 2.41 bits per heavy atom. The molecular weight excluding hydrogens is 402 g/mol. The summed E-state index contributed by atoms with van der Waals surface area (Å²) >= 11 is 0. The molecule has 0 fully saturated rings. The molecule has 1 unspecified atom stereocenters. The minimum Gasteiger partial charge on any atom is -0.497 e. The molecule has 1 aliphatic rings. The first-order valence-corrected chi connectivity index (χ1v) is 11.1. The smallest absolute Gasteiger partial charge is 0.123 e. The average molecular weight is 434 g/mol. The number of aliphatic hydroxyl groups excluding tert-OH is 1. The van der Waals surface area contributed by atoms with E-state index in [4.69, 9.17) is 14.2 Å². The SMILES string of the molecule is COc1cc(CN2CCOc3ccc(C(O)CCc4ccccc4)cc3C2)cc(OC)c1. The Kier molecular flexibility index (Phi) is 7.30. The van der Waals surface area contributed by atoms with Gasteiger partial charge in [0.2, 0.25) is 0 Å². The Morgan fingerprint density at radius 1 is 0.938 bits per heavy atom. The summed E-state index contributed by atoms with van der Waals surface area (Å²) in [5.41, 5.74) is 4.41. The fourth-order valence-corrected chi connectivity index (χ4v) is 4.14. The Bertz CT molecular complexity index is 999. The molecule has 168 valence electrons. The molecule has 5 nitrogen and oxygen atoms in total. The van der Waals surface area contributed by atoms with E-state index in [0.29, 0.717) is 13.0 Å². The van der Waals surface area contributed by atoms with Gasteiger partial charge in [-0.15, -0.1) is 0 Å². The number of aliphatic hydroxyl groups is 1. The quantitative estimate of drug-likeness (QED) is 0.555. The maximum atomic E-state index is 10.8. The first-order valence-electron chi connectivity index (χ1n) is 11.1. The van der Waals surface area contributed by atoms with E-state index in [1.54, 1.807) is 14.2 Å². The van der Waals surface area contributed by atoms with Crippen LogP contribution < -0.4 is 14.2 Å². The number of hydrogen-bond acceptors (Lipinski definition) is 5. The third-order valence-corrected chi connectivity index (χ3v) is 5.90. The van der Waals surface area contributed by atoms with Crippen LogP contribution >= 0.6 is 0 Å². The summed E-state index contributed by atoms with van der Waals surface area (Å²) in [6, 6.07) is 22.3. The van der Waals surface area contributed by atoms with Crippen LogP contribution in [0.25, 0.3) is 0 Å². The van der Waals surface area contributed by atoms with Gasteiger partial charge in [0.1, 0.15) is 23.9 Å². The summed E-state index contributed by atoms with van der Waals surface area (Å²) in [6.07, 6.45) is 1.04. The van der Waals surface area contributed by atoms with Gasteiger partial charge in [-0.1, -0.05) is 36.4 Å². The molecule has 0 aliphatic carbocycles. The van der Waals surface area contributed by atoms with Crippen molar-refractivity contribution >= 4 is 0 Å². The van der Waals surface area contributed by atoms with Gasteiger partial charge in [-0.2, -0.15) is 0 Å². The Labute approximate surface area is 190 Å². The number of hydrogen-bond donors (Lipinski definition) is 1. The molecule has 1 atom stereocenters. The first kappa shape index (κ1) is 22.2. The van der Waals surface area contributed by atoms with Crippen LogP contribution in [-0.4, -0.2) is 37.4 Å². The van der Waals surface area contributed by atoms with Crippen LogP contribution in [0, 0.1) is 0 Å². The standard InChI is InChI=1S/C27H31NO4/c1-30-24-14-21(15-25(17-24)31-2)18-28-12-13-32-27-11-9-22(16-23(27)19-28)26(29)10-8-20-6-4-3-5-7-20/h3-7,9,11,14-17,26,29H,8,10,12-13,18-19H2,1-2H3. The van der Waals surface area contributed by atoms with Crippen molar-refractivity contribution < 1.29 is 19.3 Å². The first-order chi connectivity index (χ1) is 15.6. The van der Waals surface area contributed by atoms with Crippen molar-refractivity contribution in [2.45, 2.75) is 32.0 Å². The van der Waals surface area contributed by atoms with Crippen LogP contribution in [-0.2, 0) is 19.5 Å². The molecular formula is C27H31NO4. The molecule has 0 spiro atoms. The number of rotatable bonds is 8. The highest BCUT2D eigenvalue weighted by Gasteiger charge is 2.18. The lowest BCUT2D eigenvalue weighted by atomic mass is 9.99. The van der Waals surface area contributed by atoms with Crippen LogP contribution in [0.3, 0.4) is 0 Å². The molecule has 0 radical (unpaired) electrons. The third kappa shape index (κ3) is 5.61. The molecule has 0 saturated heterocycles. The van der Waals surface area contributed by atoms with Crippen molar-refractivity contribution in [2.75, 3.05) is 27.4 Å². The molecule has 0 bridgehead atoms. The van der Waals surface area contributed by atoms with Crippen LogP contribution in [0.4, 0.5) is 0 Å². The molecule has 1 heterocycles. The number of methoxy groups -OCH3 is 2. The van der Waals surface area contributed by atoms with E-state index in [9.17, 15) is 5.11 Å². The summed E-state index contributed by atoms with van der Waals surface area (Å²) in [4.78, 5) is 2.35. The van der Waals surface area contributed by atoms with E-state index < -0.39 is 6.10 Å². The molecule has 0 aromatic heterocycles. The zero-order chi connectivity index (χ0) is 22.3. The molecule has 1 N–H and O–H groups in total. The summed E-state index contributed by atoms with van der Waals surface area (Å²) in [5, 5.41) is 10.8. The predicted octanol–water partition coefficient (Wildman–Crippen LogP) is 4.76. The van der Waals surface area contributed by atoms with Crippen LogP contribution in [0.1, 0.15) is 34.8 Å². The normalized spacial score (nSPS) is 14.7. The second-order valence-electron chi connectivity index (χ2n) is 8.19. The van der Waals surface area contributed by atoms with Crippen molar-refractivity contribution in [2.24, 2.45) is 0 Å². The van der Waals surface area contributed by atoms with Crippen LogP contribution in [0.5, 0.6) is 17.2 Å². The minimum atomic E-state index is -0.500. The second-order valence-corrected chi connectivity index (χ2v) is 8.19.